The Kier molecular flexibility index (Phi) is 24.9. The molecule has 0 spiro atoms. The van der Waals surface area contributed by atoms with Crippen LogP contribution in [0.3, 0.4) is 0 Å². The number of hydrogen-bond donors (Lipinski definition) is 4. The van der Waals surface area contributed by atoms with E-state index in [0.717, 1.165) is 64.2 Å². The van der Waals surface area contributed by atoms with Gasteiger partial charge in [0.05, 0.1) is 19.8 Å². The molecule has 0 aromatic rings. The Balaban J connectivity index is 2.57. The summed E-state index contributed by atoms with van der Waals surface area (Å²) in [6, 6.07) is 0. The summed E-state index contributed by atoms with van der Waals surface area (Å²) in [7, 11) is -5.05. The Morgan fingerprint density at radius 1 is 0.804 bits per heavy atom. The van der Waals surface area contributed by atoms with E-state index in [9.17, 15) is 28.5 Å². The lowest BCUT2D eigenvalue weighted by Gasteiger charge is -2.41. The number of esters is 1. The van der Waals surface area contributed by atoms with Crippen LogP contribution < -0.4 is 0 Å². The van der Waals surface area contributed by atoms with Gasteiger partial charge >= 0.3 is 16.4 Å². The van der Waals surface area contributed by atoms with Crippen LogP contribution in [0.4, 0.5) is 0 Å². The van der Waals surface area contributed by atoms with Gasteiger partial charge in [-0.15, -0.1) is 0 Å². The second-order valence-corrected chi connectivity index (χ2v) is 13.2. The molecule has 6 atom stereocenters. The van der Waals surface area contributed by atoms with Crippen LogP contribution >= 0.6 is 0 Å². The number of rotatable bonds is 29. The molecule has 0 radical (unpaired) electrons. The standard InChI is InChI=1S/C33H62O12S/c1-3-5-7-9-11-13-14-16-18-20-22-29(35)43-27(25-41-23-21-19-17-15-12-10-8-6-4-2)26-42-33-31(37)32(45-46(38,39)40)30(36)28(24-34)44-33/h7,9,27-28,30-34,36-37H,3-6,8,10-26H2,1-2H3,(H,38,39,40)/b9-7-. The van der Waals surface area contributed by atoms with Crippen molar-refractivity contribution in [1.29, 1.82) is 0 Å². The number of carbonyl (C=O) groups is 1. The highest BCUT2D eigenvalue weighted by Crippen LogP contribution is 2.26. The molecule has 0 aromatic carbocycles. The van der Waals surface area contributed by atoms with Gasteiger partial charge in [-0.3, -0.25) is 9.35 Å². The van der Waals surface area contributed by atoms with Crippen LogP contribution in [-0.4, -0.2) is 97.5 Å². The van der Waals surface area contributed by atoms with Crippen molar-refractivity contribution in [3.05, 3.63) is 12.2 Å². The van der Waals surface area contributed by atoms with Gasteiger partial charge < -0.3 is 34.3 Å². The Morgan fingerprint density at radius 2 is 1.41 bits per heavy atom. The Hall–Kier alpha value is -1.16. The minimum Gasteiger partial charge on any atom is -0.457 e. The molecule has 4 N–H and O–H groups in total. The SMILES string of the molecule is CCC/C=C\CCCCCCCC(=O)OC(COCCCCCCCCCCC)COC1OC(CO)C(O)C(OS(=O)(=O)O)C1O. The summed E-state index contributed by atoms with van der Waals surface area (Å²) in [4.78, 5) is 12.7. The van der Waals surface area contributed by atoms with Gasteiger partial charge in [-0.2, -0.15) is 8.42 Å². The lowest BCUT2D eigenvalue weighted by molar-refractivity contribution is -0.301. The summed E-state index contributed by atoms with van der Waals surface area (Å²) < 4.78 is 58.5. The second kappa shape index (κ2) is 26.8. The topological polar surface area (TPSA) is 178 Å². The molecule has 0 saturated carbocycles. The first-order chi connectivity index (χ1) is 22.1. The molecule has 0 bridgehead atoms. The number of ether oxygens (including phenoxy) is 4. The predicted molar refractivity (Wildman–Crippen MR) is 174 cm³/mol. The average molecular weight is 683 g/mol. The van der Waals surface area contributed by atoms with Crippen molar-refractivity contribution in [2.24, 2.45) is 0 Å². The van der Waals surface area contributed by atoms with Crippen molar-refractivity contribution in [2.45, 2.75) is 166 Å². The molecule has 0 amide bonds. The maximum absolute atomic E-state index is 12.7. The van der Waals surface area contributed by atoms with Crippen molar-refractivity contribution >= 4 is 16.4 Å². The van der Waals surface area contributed by atoms with Gasteiger partial charge in [0.25, 0.3) is 0 Å². The van der Waals surface area contributed by atoms with E-state index >= 15 is 0 Å². The smallest absolute Gasteiger partial charge is 0.397 e. The highest BCUT2D eigenvalue weighted by molar-refractivity contribution is 7.80. The number of aliphatic hydroxyl groups excluding tert-OH is 3. The Labute approximate surface area is 277 Å². The summed E-state index contributed by atoms with van der Waals surface area (Å²) >= 11 is 0. The van der Waals surface area contributed by atoms with Crippen LogP contribution in [0.2, 0.25) is 0 Å². The molecular weight excluding hydrogens is 620 g/mol. The first-order valence-electron chi connectivity index (χ1n) is 17.4. The zero-order valence-corrected chi connectivity index (χ0v) is 29.0. The number of carbonyl (C=O) groups excluding carboxylic acids is 1. The molecule has 1 aliphatic heterocycles. The van der Waals surface area contributed by atoms with Crippen LogP contribution in [0.1, 0.15) is 129 Å². The van der Waals surface area contributed by atoms with E-state index in [1.165, 1.54) is 38.5 Å². The van der Waals surface area contributed by atoms with E-state index in [1.807, 2.05) is 0 Å². The molecule has 1 aliphatic rings. The molecule has 12 nitrogen and oxygen atoms in total. The summed E-state index contributed by atoms with van der Waals surface area (Å²) in [6.45, 7) is 3.86. The monoisotopic (exact) mass is 682 g/mol. The van der Waals surface area contributed by atoms with Gasteiger partial charge in [-0.05, 0) is 32.1 Å². The predicted octanol–water partition coefficient (Wildman–Crippen LogP) is 5.18. The molecule has 1 rings (SSSR count). The Morgan fingerprint density at radius 3 is 2.04 bits per heavy atom. The first-order valence-corrected chi connectivity index (χ1v) is 18.8. The van der Waals surface area contributed by atoms with Crippen LogP contribution in [0.5, 0.6) is 0 Å². The summed E-state index contributed by atoms with van der Waals surface area (Å²) in [5.74, 6) is -0.413. The van der Waals surface area contributed by atoms with Crippen molar-refractivity contribution in [1.82, 2.24) is 0 Å². The minimum atomic E-state index is -5.05. The quantitative estimate of drug-likeness (QED) is 0.0352. The lowest BCUT2D eigenvalue weighted by Crippen LogP contribution is -2.60. The molecule has 272 valence electrons. The molecule has 1 heterocycles. The van der Waals surface area contributed by atoms with Crippen LogP contribution in [0.15, 0.2) is 12.2 Å². The van der Waals surface area contributed by atoms with Crippen molar-refractivity contribution in [3.8, 4) is 0 Å². The summed E-state index contributed by atoms with van der Waals surface area (Å²) in [5, 5.41) is 30.4. The third-order valence-corrected chi connectivity index (χ3v) is 8.33. The first kappa shape index (κ1) is 42.9. The van der Waals surface area contributed by atoms with Gasteiger partial charge in [0.1, 0.15) is 30.5 Å². The van der Waals surface area contributed by atoms with E-state index < -0.39 is 59.8 Å². The molecular formula is C33H62O12S. The summed E-state index contributed by atoms with van der Waals surface area (Å²) in [6.07, 6.45) is 14.2. The second-order valence-electron chi connectivity index (χ2n) is 12.1. The fraction of sp³-hybridized carbons (Fsp3) is 0.909. The molecule has 1 saturated heterocycles. The zero-order chi connectivity index (χ0) is 34.0. The van der Waals surface area contributed by atoms with Crippen LogP contribution in [0.25, 0.3) is 0 Å². The minimum absolute atomic E-state index is 0.0358. The van der Waals surface area contributed by atoms with Crippen LogP contribution in [-0.2, 0) is 38.3 Å². The fourth-order valence-electron chi connectivity index (χ4n) is 5.20. The zero-order valence-electron chi connectivity index (χ0n) is 28.1. The van der Waals surface area contributed by atoms with E-state index in [2.05, 4.69) is 30.2 Å². The maximum atomic E-state index is 12.7. The molecule has 1 fully saturated rings. The third-order valence-electron chi connectivity index (χ3n) is 7.87. The highest BCUT2D eigenvalue weighted by Gasteiger charge is 2.48. The van der Waals surface area contributed by atoms with Gasteiger partial charge in [-0.25, -0.2) is 4.18 Å². The number of aliphatic hydroxyl groups is 3. The highest BCUT2D eigenvalue weighted by atomic mass is 32.3. The summed E-state index contributed by atoms with van der Waals surface area (Å²) in [5.41, 5.74) is 0. The van der Waals surface area contributed by atoms with Crippen molar-refractivity contribution in [3.63, 3.8) is 0 Å². The molecule has 0 aromatic heterocycles. The number of unbranched alkanes of at least 4 members (excludes halogenated alkanes) is 14. The average Bonchev–Trinajstić information content (AvgIpc) is 3.01. The van der Waals surface area contributed by atoms with Gasteiger partial charge in [-0.1, -0.05) is 103 Å². The molecule has 13 heteroatoms. The Bertz CT molecular complexity index is 884. The van der Waals surface area contributed by atoms with Gasteiger partial charge in [0.15, 0.2) is 6.29 Å². The van der Waals surface area contributed by atoms with Crippen molar-refractivity contribution < 1.29 is 56.2 Å². The van der Waals surface area contributed by atoms with E-state index in [0.29, 0.717) is 13.0 Å². The normalized spacial score (nSPS) is 22.8. The molecule has 0 aliphatic carbocycles. The van der Waals surface area contributed by atoms with Gasteiger partial charge in [0.2, 0.25) is 0 Å². The maximum Gasteiger partial charge on any atom is 0.397 e. The lowest BCUT2D eigenvalue weighted by atomic mass is 9.99. The number of hydrogen-bond acceptors (Lipinski definition) is 11. The fourth-order valence-corrected chi connectivity index (χ4v) is 5.71. The largest absolute Gasteiger partial charge is 0.457 e. The third kappa shape index (κ3) is 20.9. The van der Waals surface area contributed by atoms with Crippen molar-refractivity contribution in [2.75, 3.05) is 26.4 Å². The van der Waals surface area contributed by atoms with Crippen LogP contribution in [0, 0.1) is 0 Å². The van der Waals surface area contributed by atoms with E-state index in [1.54, 1.807) is 0 Å². The van der Waals surface area contributed by atoms with E-state index in [-0.39, 0.29) is 19.6 Å². The number of allylic oxidation sites excluding steroid dienone is 2. The van der Waals surface area contributed by atoms with Gasteiger partial charge in [0, 0.05) is 13.0 Å². The molecule has 46 heavy (non-hydrogen) atoms. The van der Waals surface area contributed by atoms with E-state index in [4.69, 9.17) is 23.5 Å². The molecule has 6 unspecified atom stereocenters.